The fraction of sp³-hybridized carbons (Fsp3) is 0.455. The fourth-order valence-corrected chi connectivity index (χ4v) is 9.04. The number of alkyl halides is 1. The molecule has 0 saturated carbocycles. The van der Waals surface area contributed by atoms with Crippen molar-refractivity contribution in [2.45, 2.75) is 60.8 Å². The van der Waals surface area contributed by atoms with E-state index in [9.17, 15) is 17.9 Å². The number of hydrogen-bond acceptors (Lipinski definition) is 9. The van der Waals surface area contributed by atoms with Crippen molar-refractivity contribution in [3.8, 4) is 22.9 Å². The molecular weight excluding hydrogens is 600 g/mol. The number of phenolic OH excluding ortho intramolecular Hbond substituents is 1. The molecule has 0 unspecified atom stereocenters. The Balaban J connectivity index is 1.33. The van der Waals surface area contributed by atoms with E-state index in [2.05, 4.69) is 20.1 Å². The van der Waals surface area contributed by atoms with Gasteiger partial charge in [-0.2, -0.15) is 9.97 Å². The molecule has 4 aromatic rings. The molecule has 4 aliphatic heterocycles. The van der Waals surface area contributed by atoms with E-state index in [0.29, 0.717) is 42.6 Å². The normalized spacial score (nSPS) is 26.6. The lowest BCUT2D eigenvalue weighted by Crippen LogP contribution is -2.51. The van der Waals surface area contributed by atoms with Crippen LogP contribution in [0.1, 0.15) is 32.1 Å². The summed E-state index contributed by atoms with van der Waals surface area (Å²) in [5, 5.41) is 15.7. The average Bonchev–Trinajstić information content (AvgIpc) is 3.65. The molecule has 8 rings (SSSR count). The maximum atomic E-state index is 17.1. The van der Waals surface area contributed by atoms with Crippen LogP contribution in [0.5, 0.6) is 11.8 Å². The third-order valence-electron chi connectivity index (χ3n) is 10.1. The van der Waals surface area contributed by atoms with Gasteiger partial charge in [-0.1, -0.05) is 24.3 Å². The highest BCUT2D eigenvalue weighted by Crippen LogP contribution is 2.44. The van der Waals surface area contributed by atoms with Crippen LogP contribution in [0.3, 0.4) is 0 Å². The van der Waals surface area contributed by atoms with Crippen LogP contribution in [-0.2, 0) is 9.84 Å². The number of fused-ring (bicyclic) bond motifs is 5. The van der Waals surface area contributed by atoms with Gasteiger partial charge in [-0.05, 0) is 66.8 Å². The third kappa shape index (κ3) is 4.88. The summed E-state index contributed by atoms with van der Waals surface area (Å²) < 4.78 is 64.5. The SMILES string of the molecule is CS(=O)(=O)c1cc2c(N3C[C@H]4CC[C@@H](C3)N4)nc(OC[C@@]34CCCN3C[C@H](F)C4)nc2c(F)c1-c1cc(O)cc2ccccc12. The van der Waals surface area contributed by atoms with Crippen LogP contribution in [0, 0.1) is 5.82 Å². The fourth-order valence-electron chi connectivity index (χ4n) is 8.14. The zero-order chi connectivity index (χ0) is 31.1. The van der Waals surface area contributed by atoms with E-state index in [-0.39, 0.29) is 57.4 Å². The van der Waals surface area contributed by atoms with E-state index in [0.717, 1.165) is 38.5 Å². The highest BCUT2D eigenvalue weighted by molar-refractivity contribution is 7.90. The van der Waals surface area contributed by atoms with Gasteiger partial charge in [-0.25, -0.2) is 17.2 Å². The summed E-state index contributed by atoms with van der Waals surface area (Å²) in [6, 6.07) is 12.0. The lowest BCUT2D eigenvalue weighted by atomic mass is 9.95. The molecule has 0 spiro atoms. The lowest BCUT2D eigenvalue weighted by molar-refractivity contribution is 0.107. The largest absolute Gasteiger partial charge is 0.508 e. The highest BCUT2D eigenvalue weighted by atomic mass is 32.2. The van der Waals surface area contributed by atoms with Gasteiger partial charge < -0.3 is 20.1 Å². The number of piperazine rings is 1. The first-order valence-corrected chi connectivity index (χ1v) is 17.5. The number of ether oxygens (including phenoxy) is 1. The van der Waals surface area contributed by atoms with Gasteiger partial charge in [-0.15, -0.1) is 0 Å². The number of hydrogen-bond donors (Lipinski definition) is 2. The van der Waals surface area contributed by atoms with Crippen LogP contribution in [-0.4, -0.2) is 91.2 Å². The Morgan fingerprint density at radius 2 is 1.87 bits per heavy atom. The molecule has 5 heterocycles. The first-order valence-electron chi connectivity index (χ1n) is 15.6. The Kier molecular flexibility index (Phi) is 6.70. The van der Waals surface area contributed by atoms with E-state index in [4.69, 9.17) is 9.72 Å². The number of anilines is 1. The molecule has 0 amide bonds. The first kappa shape index (κ1) is 28.8. The van der Waals surface area contributed by atoms with Crippen molar-refractivity contribution in [3.63, 3.8) is 0 Å². The monoisotopic (exact) mass is 635 g/mol. The minimum atomic E-state index is -3.96. The second kappa shape index (κ2) is 10.5. The summed E-state index contributed by atoms with van der Waals surface area (Å²) >= 11 is 0. The molecule has 4 fully saturated rings. The maximum Gasteiger partial charge on any atom is 0.319 e. The second-order valence-electron chi connectivity index (χ2n) is 13.2. The van der Waals surface area contributed by atoms with Gasteiger partial charge in [0.15, 0.2) is 15.7 Å². The van der Waals surface area contributed by atoms with Gasteiger partial charge in [0.2, 0.25) is 0 Å². The minimum absolute atomic E-state index is 0.0235. The molecule has 45 heavy (non-hydrogen) atoms. The molecule has 4 atom stereocenters. The molecule has 0 radical (unpaired) electrons. The zero-order valence-corrected chi connectivity index (χ0v) is 25.8. The van der Waals surface area contributed by atoms with E-state index in [1.807, 2.05) is 0 Å². The van der Waals surface area contributed by atoms with Crippen LogP contribution in [0.15, 0.2) is 47.4 Å². The molecule has 2 bridgehead atoms. The highest BCUT2D eigenvalue weighted by Gasteiger charge is 2.49. The quantitative estimate of drug-likeness (QED) is 0.315. The number of nitrogens with one attached hydrogen (secondary N) is 1. The second-order valence-corrected chi connectivity index (χ2v) is 15.2. The zero-order valence-electron chi connectivity index (χ0n) is 25.0. The predicted octanol–water partition coefficient (Wildman–Crippen LogP) is 4.59. The molecule has 2 N–H and O–H groups in total. The number of rotatable bonds is 6. The average molecular weight is 636 g/mol. The van der Waals surface area contributed by atoms with E-state index in [1.54, 1.807) is 30.3 Å². The summed E-state index contributed by atoms with van der Waals surface area (Å²) in [5.74, 6) is -0.532. The standard InChI is InChI=1S/C33H35F2N5O4S/c1-45(42,43)27-13-26-30(29(35)28(27)25-12-23(41)11-19-5-2-3-6-24(19)25)37-32(38-31(26)39-16-21-7-8-22(17-39)36-21)44-18-33-9-4-10-40(33)15-20(34)14-33/h2-3,5-6,11-13,20-22,36,41H,4,7-10,14-18H2,1H3/t20-,21-,22+,33+/m1/s1. The predicted molar refractivity (Wildman–Crippen MR) is 168 cm³/mol. The van der Waals surface area contributed by atoms with Gasteiger partial charge in [0, 0.05) is 55.3 Å². The number of sulfone groups is 1. The minimum Gasteiger partial charge on any atom is -0.508 e. The third-order valence-corrected chi connectivity index (χ3v) is 11.2. The number of aromatic hydroxyl groups is 1. The number of phenols is 1. The molecule has 9 nitrogen and oxygen atoms in total. The molecule has 0 aliphatic carbocycles. The van der Waals surface area contributed by atoms with Crippen molar-refractivity contribution in [1.29, 1.82) is 0 Å². The Morgan fingerprint density at radius 1 is 1.09 bits per heavy atom. The van der Waals surface area contributed by atoms with Gasteiger partial charge in [0.1, 0.15) is 29.9 Å². The van der Waals surface area contributed by atoms with Gasteiger partial charge in [-0.3, -0.25) is 4.90 Å². The van der Waals surface area contributed by atoms with Crippen molar-refractivity contribution in [1.82, 2.24) is 20.2 Å². The van der Waals surface area contributed by atoms with Gasteiger partial charge >= 0.3 is 6.01 Å². The topological polar surface area (TPSA) is 108 Å². The Labute approximate surface area is 260 Å². The van der Waals surface area contributed by atoms with Gasteiger partial charge in [0.05, 0.1) is 10.4 Å². The van der Waals surface area contributed by atoms with Crippen LogP contribution in [0.4, 0.5) is 14.6 Å². The molecule has 236 valence electrons. The summed E-state index contributed by atoms with van der Waals surface area (Å²) in [7, 11) is -3.96. The molecule has 4 aliphatic rings. The number of aromatic nitrogens is 2. The van der Waals surface area contributed by atoms with E-state index < -0.39 is 27.4 Å². The number of halogens is 2. The van der Waals surface area contributed by atoms with Crippen molar-refractivity contribution in [2.75, 3.05) is 43.9 Å². The van der Waals surface area contributed by atoms with Crippen LogP contribution >= 0.6 is 0 Å². The lowest BCUT2D eigenvalue weighted by Gasteiger charge is -2.35. The smallest absolute Gasteiger partial charge is 0.319 e. The van der Waals surface area contributed by atoms with Crippen molar-refractivity contribution < 1.29 is 27.0 Å². The van der Waals surface area contributed by atoms with Crippen LogP contribution in [0.25, 0.3) is 32.8 Å². The molecule has 3 aromatic carbocycles. The Morgan fingerprint density at radius 3 is 2.64 bits per heavy atom. The maximum absolute atomic E-state index is 17.1. The summed E-state index contributed by atoms with van der Waals surface area (Å²) in [5.41, 5.74) is -0.430. The Hall–Kier alpha value is -3.61. The van der Waals surface area contributed by atoms with Gasteiger partial charge in [0.25, 0.3) is 0 Å². The first-order chi connectivity index (χ1) is 21.6. The van der Waals surface area contributed by atoms with Crippen molar-refractivity contribution in [2.24, 2.45) is 0 Å². The van der Waals surface area contributed by atoms with E-state index in [1.165, 1.54) is 12.1 Å². The summed E-state index contributed by atoms with van der Waals surface area (Å²) in [6.07, 6.45) is 4.27. The van der Waals surface area contributed by atoms with Crippen LogP contribution < -0.4 is 15.0 Å². The number of nitrogens with zero attached hydrogens (tertiary/aromatic N) is 4. The van der Waals surface area contributed by atoms with Crippen molar-refractivity contribution in [3.05, 3.63) is 48.3 Å². The Bertz CT molecular complexity index is 1950. The molecular formula is C33H35F2N5O4S. The molecule has 4 saturated heterocycles. The molecule has 1 aromatic heterocycles. The van der Waals surface area contributed by atoms with E-state index >= 15 is 4.39 Å². The summed E-state index contributed by atoms with van der Waals surface area (Å²) in [4.78, 5) is 13.4. The van der Waals surface area contributed by atoms with Crippen molar-refractivity contribution >= 4 is 37.3 Å². The molecule has 12 heteroatoms. The van der Waals surface area contributed by atoms with Crippen LogP contribution in [0.2, 0.25) is 0 Å². The summed E-state index contributed by atoms with van der Waals surface area (Å²) in [6.45, 7) is 2.61. The number of benzene rings is 3.